The van der Waals surface area contributed by atoms with Crippen LogP contribution < -0.4 is 10.9 Å². The van der Waals surface area contributed by atoms with Crippen LogP contribution >= 0.6 is 0 Å². The van der Waals surface area contributed by atoms with Crippen molar-refractivity contribution in [2.75, 3.05) is 5.32 Å². The lowest BCUT2D eigenvalue weighted by atomic mass is 10.1. The fourth-order valence-electron chi connectivity index (χ4n) is 2.58. The molecule has 26 heavy (non-hydrogen) atoms. The highest BCUT2D eigenvalue weighted by atomic mass is 16.5. The minimum atomic E-state index is -0.244. The Morgan fingerprint density at radius 2 is 1.96 bits per heavy atom. The Hall–Kier alpha value is -3.23. The van der Waals surface area contributed by atoms with Gasteiger partial charge in [0.2, 0.25) is 11.9 Å². The van der Waals surface area contributed by atoms with Crippen molar-refractivity contribution in [3.8, 4) is 5.95 Å². The second kappa shape index (κ2) is 6.58. The van der Waals surface area contributed by atoms with Gasteiger partial charge in [0.05, 0.1) is 17.8 Å². The second-order valence-corrected chi connectivity index (χ2v) is 6.21. The van der Waals surface area contributed by atoms with Crippen LogP contribution in [0.2, 0.25) is 0 Å². The standard InChI is InChI=1S/C17H20N6O3/c1-8-6-14(19-15(24)7-13-11(4)22-26-12(13)5)23(21-8)17-18-10(3)9(2)16(25)20-17/h6H,7H2,1-5H3,(H,19,24)(H,18,20,25). The zero-order valence-corrected chi connectivity index (χ0v) is 15.3. The third-order valence-corrected chi connectivity index (χ3v) is 4.20. The van der Waals surface area contributed by atoms with Crippen LogP contribution in [0.15, 0.2) is 15.4 Å². The van der Waals surface area contributed by atoms with E-state index in [1.165, 1.54) is 4.68 Å². The first-order valence-corrected chi connectivity index (χ1v) is 8.12. The summed E-state index contributed by atoms with van der Waals surface area (Å²) in [6.45, 7) is 8.79. The van der Waals surface area contributed by atoms with Crippen molar-refractivity contribution in [2.45, 2.75) is 41.0 Å². The number of amides is 1. The van der Waals surface area contributed by atoms with Crippen molar-refractivity contribution in [1.29, 1.82) is 0 Å². The molecule has 0 unspecified atom stereocenters. The molecule has 3 heterocycles. The molecule has 9 heteroatoms. The van der Waals surface area contributed by atoms with Crippen LogP contribution in [0.25, 0.3) is 5.95 Å². The predicted octanol–water partition coefficient (Wildman–Crippen LogP) is 1.67. The van der Waals surface area contributed by atoms with Crippen LogP contribution in [0.4, 0.5) is 5.82 Å². The summed E-state index contributed by atoms with van der Waals surface area (Å²) in [6.07, 6.45) is 0.127. The Morgan fingerprint density at radius 1 is 1.23 bits per heavy atom. The van der Waals surface area contributed by atoms with Gasteiger partial charge in [-0.2, -0.15) is 9.78 Å². The molecule has 0 aliphatic carbocycles. The summed E-state index contributed by atoms with van der Waals surface area (Å²) >= 11 is 0. The lowest BCUT2D eigenvalue weighted by Crippen LogP contribution is -2.21. The number of carbonyl (C=O) groups excluding carboxylic acids is 1. The van der Waals surface area contributed by atoms with Crippen molar-refractivity contribution >= 4 is 11.7 Å². The number of nitrogens with one attached hydrogen (secondary N) is 2. The molecule has 0 spiro atoms. The summed E-state index contributed by atoms with van der Waals surface area (Å²) < 4.78 is 6.49. The number of aryl methyl sites for hydroxylation is 4. The molecule has 3 aromatic heterocycles. The summed E-state index contributed by atoms with van der Waals surface area (Å²) in [4.78, 5) is 31.5. The molecule has 136 valence electrons. The molecule has 0 radical (unpaired) electrons. The van der Waals surface area contributed by atoms with Crippen LogP contribution in [0.1, 0.15) is 34.0 Å². The zero-order chi connectivity index (χ0) is 19.0. The van der Waals surface area contributed by atoms with E-state index in [0.29, 0.717) is 34.2 Å². The highest BCUT2D eigenvalue weighted by Gasteiger charge is 2.17. The molecule has 1 amide bonds. The van der Waals surface area contributed by atoms with Crippen LogP contribution in [0.3, 0.4) is 0 Å². The molecule has 0 saturated heterocycles. The number of anilines is 1. The Labute approximate surface area is 149 Å². The molecule has 3 aromatic rings. The lowest BCUT2D eigenvalue weighted by molar-refractivity contribution is -0.115. The average molecular weight is 356 g/mol. The maximum atomic E-state index is 12.5. The number of aromatic amines is 1. The smallest absolute Gasteiger partial charge is 0.255 e. The first-order chi connectivity index (χ1) is 12.3. The molecule has 0 fully saturated rings. The highest BCUT2D eigenvalue weighted by Crippen LogP contribution is 2.17. The molecule has 0 aliphatic heterocycles. The van der Waals surface area contributed by atoms with Crippen molar-refractivity contribution in [1.82, 2.24) is 24.9 Å². The maximum Gasteiger partial charge on any atom is 0.255 e. The minimum absolute atomic E-state index is 0.127. The van der Waals surface area contributed by atoms with E-state index in [0.717, 1.165) is 5.56 Å². The Bertz CT molecular complexity index is 1020. The second-order valence-electron chi connectivity index (χ2n) is 6.21. The van der Waals surface area contributed by atoms with E-state index in [1.807, 2.05) is 0 Å². The van der Waals surface area contributed by atoms with Crippen LogP contribution in [0, 0.1) is 34.6 Å². The number of H-pyrrole nitrogens is 1. The summed E-state index contributed by atoms with van der Waals surface area (Å²) in [5.74, 6) is 1.04. The first kappa shape index (κ1) is 17.6. The van der Waals surface area contributed by atoms with Gasteiger partial charge in [-0.25, -0.2) is 4.98 Å². The summed E-state index contributed by atoms with van der Waals surface area (Å²) in [6, 6.07) is 1.71. The van der Waals surface area contributed by atoms with Gasteiger partial charge in [0.1, 0.15) is 11.6 Å². The number of hydrogen-bond acceptors (Lipinski definition) is 6. The molecular formula is C17H20N6O3. The molecule has 3 rings (SSSR count). The van der Waals surface area contributed by atoms with E-state index in [4.69, 9.17) is 4.52 Å². The molecule has 0 saturated carbocycles. The van der Waals surface area contributed by atoms with Gasteiger partial charge in [0.15, 0.2) is 0 Å². The van der Waals surface area contributed by atoms with Gasteiger partial charge in [-0.3, -0.25) is 14.6 Å². The Kier molecular flexibility index (Phi) is 4.45. The predicted molar refractivity (Wildman–Crippen MR) is 94.5 cm³/mol. The quantitative estimate of drug-likeness (QED) is 0.734. The van der Waals surface area contributed by atoms with Crippen LogP contribution in [-0.2, 0) is 11.2 Å². The summed E-state index contributed by atoms with van der Waals surface area (Å²) in [5, 5.41) is 11.0. The topological polar surface area (TPSA) is 119 Å². The SMILES string of the molecule is Cc1cc(NC(=O)Cc2c(C)noc2C)n(-c2nc(C)c(C)c(=O)[nH]2)n1. The molecule has 9 nitrogen and oxygen atoms in total. The summed E-state index contributed by atoms with van der Waals surface area (Å²) in [5.41, 5.74) is 3.02. The van der Waals surface area contributed by atoms with E-state index in [1.54, 1.807) is 40.7 Å². The fraction of sp³-hybridized carbons (Fsp3) is 0.353. The number of rotatable bonds is 4. The van der Waals surface area contributed by atoms with Gasteiger partial charge in [-0.05, 0) is 34.6 Å². The third-order valence-electron chi connectivity index (χ3n) is 4.20. The van der Waals surface area contributed by atoms with Crippen molar-refractivity contribution in [3.63, 3.8) is 0 Å². The van der Waals surface area contributed by atoms with Gasteiger partial charge in [0.25, 0.3) is 5.56 Å². The molecular weight excluding hydrogens is 336 g/mol. The van der Waals surface area contributed by atoms with Crippen molar-refractivity contribution in [2.24, 2.45) is 0 Å². The lowest BCUT2D eigenvalue weighted by Gasteiger charge is -2.09. The van der Waals surface area contributed by atoms with Crippen LogP contribution in [0.5, 0.6) is 0 Å². The molecule has 0 aromatic carbocycles. The number of carbonyl (C=O) groups is 1. The molecule has 2 N–H and O–H groups in total. The molecule has 0 bridgehead atoms. The van der Waals surface area contributed by atoms with Gasteiger partial charge >= 0.3 is 0 Å². The normalized spacial score (nSPS) is 11.0. The summed E-state index contributed by atoms with van der Waals surface area (Å²) in [7, 11) is 0. The largest absolute Gasteiger partial charge is 0.361 e. The fourth-order valence-corrected chi connectivity index (χ4v) is 2.58. The maximum absolute atomic E-state index is 12.5. The number of aromatic nitrogens is 5. The van der Waals surface area contributed by atoms with E-state index >= 15 is 0 Å². The van der Waals surface area contributed by atoms with E-state index in [-0.39, 0.29) is 23.8 Å². The Balaban J connectivity index is 1.90. The van der Waals surface area contributed by atoms with E-state index in [9.17, 15) is 9.59 Å². The molecule has 0 atom stereocenters. The monoisotopic (exact) mass is 356 g/mol. The van der Waals surface area contributed by atoms with Crippen LogP contribution in [-0.4, -0.2) is 30.8 Å². The van der Waals surface area contributed by atoms with Gasteiger partial charge in [-0.1, -0.05) is 5.16 Å². The van der Waals surface area contributed by atoms with Gasteiger partial charge in [0, 0.05) is 22.9 Å². The van der Waals surface area contributed by atoms with Crippen molar-refractivity contribution in [3.05, 3.63) is 50.4 Å². The average Bonchev–Trinajstić information content (AvgIpc) is 3.08. The van der Waals surface area contributed by atoms with E-state index < -0.39 is 0 Å². The number of nitrogens with zero attached hydrogens (tertiary/aromatic N) is 4. The van der Waals surface area contributed by atoms with Crippen molar-refractivity contribution < 1.29 is 9.32 Å². The molecule has 0 aliphatic rings. The van der Waals surface area contributed by atoms with Gasteiger partial charge in [-0.15, -0.1) is 0 Å². The Morgan fingerprint density at radius 3 is 2.58 bits per heavy atom. The number of hydrogen-bond donors (Lipinski definition) is 2. The minimum Gasteiger partial charge on any atom is -0.361 e. The van der Waals surface area contributed by atoms with Gasteiger partial charge < -0.3 is 9.84 Å². The third kappa shape index (κ3) is 3.28. The highest BCUT2D eigenvalue weighted by molar-refractivity contribution is 5.92. The zero-order valence-electron chi connectivity index (χ0n) is 15.3. The van der Waals surface area contributed by atoms with E-state index in [2.05, 4.69) is 25.5 Å². The first-order valence-electron chi connectivity index (χ1n) is 8.12.